The highest BCUT2D eigenvalue weighted by Gasteiger charge is 2.47. The zero-order chi connectivity index (χ0) is 23.7. The molecule has 3 aromatic rings. The smallest absolute Gasteiger partial charge is 0.300 e. The summed E-state index contributed by atoms with van der Waals surface area (Å²) in [5.74, 6) is -2.10. The summed E-state index contributed by atoms with van der Waals surface area (Å²) in [6, 6.07) is 16.3. The van der Waals surface area contributed by atoms with Crippen molar-refractivity contribution in [2.45, 2.75) is 19.9 Å². The van der Waals surface area contributed by atoms with Crippen molar-refractivity contribution in [3.8, 4) is 5.75 Å². The Morgan fingerprint density at radius 1 is 1.09 bits per heavy atom. The first-order valence-electron chi connectivity index (χ1n) is 10.4. The minimum Gasteiger partial charge on any atom is -0.507 e. The van der Waals surface area contributed by atoms with E-state index in [9.17, 15) is 19.1 Å². The second-order valence-electron chi connectivity index (χ2n) is 7.64. The molecule has 5 nitrogen and oxygen atoms in total. The number of amides is 1. The quantitative estimate of drug-likeness (QED) is 0.293. The zero-order valence-corrected chi connectivity index (χ0v) is 18.8. The summed E-state index contributed by atoms with van der Waals surface area (Å²) in [5.41, 5.74) is 2.05. The SMILES string of the molecule is CCOc1cc(/C(O)=C2/C(=O)C(=O)N(c3cccc(C)c3)C2c2ccc(F)cc2)ccc1Cl. The number of carbonyl (C=O) groups is 2. The van der Waals surface area contributed by atoms with Crippen molar-refractivity contribution in [3.63, 3.8) is 0 Å². The number of hydrogen-bond acceptors (Lipinski definition) is 4. The number of nitrogens with zero attached hydrogens (tertiary/aromatic N) is 1. The normalized spacial score (nSPS) is 17.5. The van der Waals surface area contributed by atoms with Gasteiger partial charge in [-0.25, -0.2) is 4.39 Å². The van der Waals surface area contributed by atoms with Crippen LogP contribution in [0.1, 0.15) is 29.7 Å². The molecule has 0 aliphatic carbocycles. The number of rotatable bonds is 5. The van der Waals surface area contributed by atoms with Crippen LogP contribution in [0.4, 0.5) is 10.1 Å². The van der Waals surface area contributed by atoms with Gasteiger partial charge in [0.15, 0.2) is 0 Å². The molecule has 3 aromatic carbocycles. The van der Waals surface area contributed by atoms with Gasteiger partial charge in [0.2, 0.25) is 0 Å². The lowest BCUT2D eigenvalue weighted by Crippen LogP contribution is -2.29. The zero-order valence-electron chi connectivity index (χ0n) is 18.0. The molecule has 0 aromatic heterocycles. The first-order chi connectivity index (χ1) is 15.8. The molecule has 1 aliphatic rings. The lowest BCUT2D eigenvalue weighted by atomic mass is 9.95. The van der Waals surface area contributed by atoms with Crippen molar-refractivity contribution >= 4 is 34.7 Å². The number of hydrogen-bond donors (Lipinski definition) is 1. The van der Waals surface area contributed by atoms with E-state index in [1.807, 2.05) is 13.0 Å². The molecule has 1 unspecified atom stereocenters. The minimum absolute atomic E-state index is 0.0992. The number of halogens is 2. The number of aliphatic hydroxyl groups excluding tert-OH is 1. The van der Waals surface area contributed by atoms with E-state index in [4.69, 9.17) is 16.3 Å². The Bertz CT molecular complexity index is 1270. The summed E-state index contributed by atoms with van der Waals surface area (Å²) >= 11 is 6.16. The van der Waals surface area contributed by atoms with Gasteiger partial charge in [-0.1, -0.05) is 35.9 Å². The second-order valence-corrected chi connectivity index (χ2v) is 8.05. The van der Waals surface area contributed by atoms with Crippen LogP contribution in [-0.2, 0) is 9.59 Å². The van der Waals surface area contributed by atoms with E-state index in [2.05, 4.69) is 0 Å². The third kappa shape index (κ3) is 4.22. The van der Waals surface area contributed by atoms with Gasteiger partial charge in [0.05, 0.1) is 23.2 Å². The molecule has 1 aliphatic heterocycles. The van der Waals surface area contributed by atoms with Gasteiger partial charge < -0.3 is 9.84 Å². The predicted octanol–water partition coefficient (Wildman–Crippen LogP) is 5.81. The molecule has 1 N–H and O–H groups in total. The highest BCUT2D eigenvalue weighted by atomic mass is 35.5. The number of ether oxygens (including phenoxy) is 1. The Morgan fingerprint density at radius 3 is 2.48 bits per heavy atom. The maximum Gasteiger partial charge on any atom is 0.300 e. The number of carbonyl (C=O) groups excluding carboxylic acids is 2. The second kappa shape index (κ2) is 9.08. The maximum atomic E-state index is 13.6. The van der Waals surface area contributed by atoms with Gasteiger partial charge in [0, 0.05) is 11.3 Å². The summed E-state index contributed by atoms with van der Waals surface area (Å²) < 4.78 is 19.1. The van der Waals surface area contributed by atoms with Gasteiger partial charge in [0.25, 0.3) is 11.7 Å². The van der Waals surface area contributed by atoms with Crippen LogP contribution in [0.2, 0.25) is 5.02 Å². The summed E-state index contributed by atoms with van der Waals surface area (Å²) in [4.78, 5) is 27.7. The van der Waals surface area contributed by atoms with Crippen LogP contribution in [0.5, 0.6) is 5.75 Å². The van der Waals surface area contributed by atoms with Crippen molar-refractivity contribution < 1.29 is 23.8 Å². The van der Waals surface area contributed by atoms with Crippen LogP contribution < -0.4 is 9.64 Å². The van der Waals surface area contributed by atoms with Gasteiger partial charge in [-0.05, 0) is 67.4 Å². The molecule has 0 saturated carbocycles. The number of ketones is 1. The largest absolute Gasteiger partial charge is 0.507 e. The van der Waals surface area contributed by atoms with E-state index in [-0.39, 0.29) is 16.9 Å². The van der Waals surface area contributed by atoms with Crippen molar-refractivity contribution in [3.05, 3.63) is 99.8 Å². The van der Waals surface area contributed by atoms with E-state index in [1.165, 1.54) is 35.2 Å². The van der Waals surface area contributed by atoms with E-state index in [0.717, 1.165) is 5.56 Å². The Balaban J connectivity index is 1.93. The molecule has 168 valence electrons. The Kier molecular flexibility index (Phi) is 6.20. The predicted molar refractivity (Wildman–Crippen MR) is 125 cm³/mol. The number of anilines is 1. The third-order valence-corrected chi connectivity index (χ3v) is 5.73. The Labute approximate surface area is 195 Å². The Hall–Kier alpha value is -3.64. The summed E-state index contributed by atoms with van der Waals surface area (Å²) in [7, 11) is 0. The van der Waals surface area contributed by atoms with Crippen LogP contribution in [0.25, 0.3) is 5.76 Å². The van der Waals surface area contributed by atoms with Gasteiger partial charge >= 0.3 is 0 Å². The van der Waals surface area contributed by atoms with E-state index >= 15 is 0 Å². The van der Waals surface area contributed by atoms with Crippen LogP contribution in [0.3, 0.4) is 0 Å². The van der Waals surface area contributed by atoms with Crippen molar-refractivity contribution in [1.82, 2.24) is 0 Å². The lowest BCUT2D eigenvalue weighted by molar-refractivity contribution is -0.132. The summed E-state index contributed by atoms with van der Waals surface area (Å²) in [6.07, 6.45) is 0. The lowest BCUT2D eigenvalue weighted by Gasteiger charge is -2.25. The van der Waals surface area contributed by atoms with Crippen molar-refractivity contribution in [2.24, 2.45) is 0 Å². The summed E-state index contributed by atoms with van der Waals surface area (Å²) in [5, 5.41) is 11.6. The molecule has 1 amide bonds. The van der Waals surface area contributed by atoms with Crippen LogP contribution in [-0.4, -0.2) is 23.4 Å². The molecular formula is C26H21ClFNO4. The molecule has 1 saturated heterocycles. The fourth-order valence-electron chi connectivity index (χ4n) is 3.91. The molecule has 7 heteroatoms. The van der Waals surface area contributed by atoms with E-state index in [0.29, 0.717) is 28.6 Å². The molecule has 1 fully saturated rings. The highest BCUT2D eigenvalue weighted by Crippen LogP contribution is 2.43. The van der Waals surface area contributed by atoms with E-state index in [1.54, 1.807) is 37.3 Å². The molecule has 1 heterocycles. The highest BCUT2D eigenvalue weighted by molar-refractivity contribution is 6.51. The van der Waals surface area contributed by atoms with Gasteiger partial charge in [-0.3, -0.25) is 14.5 Å². The average molecular weight is 466 g/mol. The molecular weight excluding hydrogens is 445 g/mol. The number of aliphatic hydroxyl groups is 1. The van der Waals surface area contributed by atoms with Gasteiger partial charge in [-0.15, -0.1) is 0 Å². The van der Waals surface area contributed by atoms with Crippen LogP contribution in [0.15, 0.2) is 72.3 Å². The third-order valence-electron chi connectivity index (χ3n) is 5.41. The van der Waals surface area contributed by atoms with Gasteiger partial charge in [-0.2, -0.15) is 0 Å². The maximum absolute atomic E-state index is 13.6. The minimum atomic E-state index is -0.946. The molecule has 1 atom stereocenters. The molecule has 33 heavy (non-hydrogen) atoms. The average Bonchev–Trinajstić information content (AvgIpc) is 3.06. The summed E-state index contributed by atoms with van der Waals surface area (Å²) in [6.45, 7) is 4.03. The number of aryl methyl sites for hydroxylation is 1. The van der Waals surface area contributed by atoms with Gasteiger partial charge in [0.1, 0.15) is 17.3 Å². The molecule has 0 radical (unpaired) electrons. The molecule has 4 rings (SSSR count). The first-order valence-corrected chi connectivity index (χ1v) is 10.8. The number of benzene rings is 3. The standard InChI is InChI=1S/C26H21ClFNO4/c1-3-33-21-14-17(9-12-20(21)27)24(30)22-23(16-7-10-18(28)11-8-16)29(26(32)25(22)31)19-6-4-5-15(2)13-19/h4-14,23,30H,3H2,1-2H3/b24-22-. The first kappa shape index (κ1) is 22.6. The Morgan fingerprint density at radius 2 is 1.82 bits per heavy atom. The topological polar surface area (TPSA) is 66.8 Å². The van der Waals surface area contributed by atoms with Crippen molar-refractivity contribution in [1.29, 1.82) is 0 Å². The fraction of sp³-hybridized carbons (Fsp3) is 0.154. The molecule has 0 bridgehead atoms. The monoisotopic (exact) mass is 465 g/mol. The van der Waals surface area contributed by atoms with E-state index < -0.39 is 23.5 Å². The van der Waals surface area contributed by atoms with Crippen LogP contribution in [0, 0.1) is 12.7 Å². The fourth-order valence-corrected chi connectivity index (χ4v) is 4.08. The number of Topliss-reactive ketones (excluding diaryl/α,β-unsaturated/α-hetero) is 1. The molecule has 0 spiro atoms. The van der Waals surface area contributed by atoms with Crippen LogP contribution >= 0.6 is 11.6 Å². The van der Waals surface area contributed by atoms with Crippen molar-refractivity contribution in [2.75, 3.05) is 11.5 Å².